The summed E-state index contributed by atoms with van der Waals surface area (Å²) in [7, 11) is 0. The van der Waals surface area contributed by atoms with Crippen molar-refractivity contribution < 1.29 is 0 Å². The maximum absolute atomic E-state index is 3.56. The zero-order valence-corrected chi connectivity index (χ0v) is 8.54. The average molecular weight is 157 g/mol. The van der Waals surface area contributed by atoms with Crippen molar-refractivity contribution in [3.63, 3.8) is 0 Å². The van der Waals surface area contributed by atoms with Gasteiger partial charge in [0.25, 0.3) is 0 Å². The zero-order valence-electron chi connectivity index (χ0n) is 8.54. The summed E-state index contributed by atoms with van der Waals surface area (Å²) in [5.41, 5.74) is 1.17. The van der Waals surface area contributed by atoms with Gasteiger partial charge in [0, 0.05) is 0 Å². The van der Waals surface area contributed by atoms with E-state index in [0.717, 1.165) is 0 Å². The third kappa shape index (κ3) is 26.0. The largest absolute Gasteiger partial charge is 0.317 e. The molecule has 1 saturated heterocycles. The van der Waals surface area contributed by atoms with Gasteiger partial charge in [-0.2, -0.15) is 0 Å². The molecule has 0 radical (unpaired) electrons. The fourth-order valence-corrected chi connectivity index (χ4v) is 0.625. The summed E-state index contributed by atoms with van der Waals surface area (Å²) < 4.78 is 0. The van der Waals surface area contributed by atoms with Gasteiger partial charge in [0.2, 0.25) is 0 Å². The molecule has 68 valence electrons. The van der Waals surface area contributed by atoms with Gasteiger partial charge in [-0.15, -0.1) is 6.58 Å². The Bertz CT molecular complexity index is 61.3. The summed E-state index contributed by atoms with van der Waals surface area (Å²) in [6.45, 7) is 14.0. The summed E-state index contributed by atoms with van der Waals surface area (Å²) in [5.74, 6) is 0. The van der Waals surface area contributed by atoms with Gasteiger partial charge in [-0.1, -0.05) is 19.4 Å². The number of hydrogen-bond donors (Lipinski definition) is 1. The lowest BCUT2D eigenvalue weighted by atomic mass is 10.4. The van der Waals surface area contributed by atoms with Crippen molar-refractivity contribution in [1.29, 1.82) is 0 Å². The van der Waals surface area contributed by atoms with E-state index in [4.69, 9.17) is 0 Å². The normalized spacial score (nSPS) is 13.8. The van der Waals surface area contributed by atoms with Crippen molar-refractivity contribution in [1.82, 2.24) is 5.32 Å². The van der Waals surface area contributed by atoms with Gasteiger partial charge in [-0.05, 0) is 39.8 Å². The Balaban J connectivity index is 0. The molecule has 0 amide bonds. The van der Waals surface area contributed by atoms with Crippen LogP contribution in [0.3, 0.4) is 0 Å². The van der Waals surface area contributed by atoms with Crippen LogP contribution in [0.2, 0.25) is 0 Å². The number of nitrogens with one attached hydrogen (secondary N) is 1. The first-order chi connectivity index (χ1) is 5.23. The summed E-state index contributed by atoms with van der Waals surface area (Å²) in [5, 5.41) is 3.22. The molecule has 1 fully saturated rings. The molecule has 11 heavy (non-hydrogen) atoms. The molecule has 0 saturated carbocycles. The van der Waals surface area contributed by atoms with Gasteiger partial charge in [0.05, 0.1) is 0 Å². The molecule has 0 aliphatic carbocycles. The van der Waals surface area contributed by atoms with E-state index >= 15 is 0 Å². The summed E-state index contributed by atoms with van der Waals surface area (Å²) >= 11 is 0. The predicted octanol–water partition coefficient (Wildman–Crippen LogP) is 2.98. The van der Waals surface area contributed by atoms with E-state index in [1.807, 2.05) is 27.7 Å². The summed E-state index contributed by atoms with van der Waals surface area (Å²) in [6, 6.07) is 0. The molecular weight excluding hydrogens is 134 g/mol. The van der Waals surface area contributed by atoms with E-state index in [0.29, 0.717) is 0 Å². The average Bonchev–Trinajstić information content (AvgIpc) is 2.44. The molecule has 1 aliphatic rings. The predicted molar refractivity (Wildman–Crippen MR) is 53.9 cm³/mol. The summed E-state index contributed by atoms with van der Waals surface area (Å²) in [6.07, 6.45) is 2.78. The van der Waals surface area contributed by atoms with Crippen LogP contribution in [-0.4, -0.2) is 13.1 Å². The van der Waals surface area contributed by atoms with Gasteiger partial charge in [-0.3, -0.25) is 0 Å². The molecule has 0 bridgehead atoms. The molecule has 1 aliphatic heterocycles. The van der Waals surface area contributed by atoms with E-state index in [9.17, 15) is 0 Å². The molecule has 1 heterocycles. The van der Waals surface area contributed by atoms with Crippen molar-refractivity contribution in [2.75, 3.05) is 13.1 Å². The molecule has 1 N–H and O–H groups in total. The Morgan fingerprint density at radius 3 is 1.45 bits per heavy atom. The van der Waals surface area contributed by atoms with Crippen LogP contribution in [0.5, 0.6) is 0 Å². The molecule has 1 rings (SSSR count). The van der Waals surface area contributed by atoms with Gasteiger partial charge in [0.15, 0.2) is 0 Å². The van der Waals surface area contributed by atoms with Crippen LogP contribution in [0, 0.1) is 0 Å². The Labute approximate surface area is 71.9 Å². The fraction of sp³-hybridized carbons (Fsp3) is 0.800. The van der Waals surface area contributed by atoms with Crippen LogP contribution in [-0.2, 0) is 0 Å². The molecule has 1 nitrogen and oxygen atoms in total. The lowest BCUT2D eigenvalue weighted by Crippen LogP contribution is -2.03. The first kappa shape index (κ1) is 13.3. The standard InChI is InChI=1S/C4H9N.C4H8.C2H6/c1-2-4-5-3-1;1-4(2)3;1-2/h5H,1-4H2;1H2,2-3H3;1-2H3. The molecule has 0 aromatic carbocycles. The highest BCUT2D eigenvalue weighted by Crippen LogP contribution is 1.90. The molecule has 0 atom stereocenters. The van der Waals surface area contributed by atoms with E-state index in [1.54, 1.807) is 0 Å². The lowest BCUT2D eigenvalue weighted by Gasteiger charge is -1.76. The first-order valence-corrected chi connectivity index (χ1v) is 4.56. The smallest absolute Gasteiger partial charge is 0.00484 e. The first-order valence-electron chi connectivity index (χ1n) is 4.56. The highest BCUT2D eigenvalue weighted by molar-refractivity contribution is 4.78. The Hall–Kier alpha value is -0.300. The second kappa shape index (κ2) is 12.4. The van der Waals surface area contributed by atoms with Crippen molar-refractivity contribution in [2.45, 2.75) is 40.5 Å². The molecule has 0 unspecified atom stereocenters. The third-order valence-corrected chi connectivity index (χ3v) is 0.957. The highest BCUT2D eigenvalue weighted by Gasteiger charge is 1.93. The molecular formula is C10H23N. The van der Waals surface area contributed by atoms with Crippen LogP contribution in [0.4, 0.5) is 0 Å². The van der Waals surface area contributed by atoms with Crippen LogP contribution in [0.1, 0.15) is 40.5 Å². The topological polar surface area (TPSA) is 12.0 Å². The molecule has 0 spiro atoms. The quantitative estimate of drug-likeness (QED) is 0.533. The van der Waals surface area contributed by atoms with Crippen LogP contribution in [0.25, 0.3) is 0 Å². The lowest BCUT2D eigenvalue weighted by molar-refractivity contribution is 0.857. The van der Waals surface area contributed by atoms with Crippen LogP contribution in [0.15, 0.2) is 12.2 Å². The highest BCUT2D eigenvalue weighted by atomic mass is 14.9. The van der Waals surface area contributed by atoms with Gasteiger partial charge >= 0.3 is 0 Å². The maximum Gasteiger partial charge on any atom is -0.00484 e. The third-order valence-electron chi connectivity index (χ3n) is 0.957. The van der Waals surface area contributed by atoms with Crippen LogP contribution >= 0.6 is 0 Å². The van der Waals surface area contributed by atoms with Crippen LogP contribution < -0.4 is 5.32 Å². The molecule has 1 heteroatoms. The maximum atomic E-state index is 3.56. The molecule has 0 aromatic heterocycles. The Kier molecular flexibility index (Phi) is 15.0. The summed E-state index contributed by atoms with van der Waals surface area (Å²) in [4.78, 5) is 0. The minimum absolute atomic E-state index is 1.17. The SMILES string of the molecule is C1CCNC1.C=C(C)C.CC. The van der Waals surface area contributed by atoms with Crippen molar-refractivity contribution in [3.05, 3.63) is 12.2 Å². The van der Waals surface area contributed by atoms with Gasteiger partial charge in [0.1, 0.15) is 0 Å². The Morgan fingerprint density at radius 1 is 1.09 bits per heavy atom. The van der Waals surface area contributed by atoms with E-state index in [2.05, 4.69) is 11.9 Å². The minimum atomic E-state index is 1.17. The van der Waals surface area contributed by atoms with E-state index < -0.39 is 0 Å². The fourth-order valence-electron chi connectivity index (χ4n) is 0.625. The van der Waals surface area contributed by atoms with Crippen molar-refractivity contribution in [3.8, 4) is 0 Å². The van der Waals surface area contributed by atoms with E-state index in [1.165, 1.54) is 31.5 Å². The van der Waals surface area contributed by atoms with Crippen molar-refractivity contribution in [2.24, 2.45) is 0 Å². The van der Waals surface area contributed by atoms with Gasteiger partial charge < -0.3 is 5.32 Å². The Morgan fingerprint density at radius 2 is 1.36 bits per heavy atom. The number of rotatable bonds is 0. The molecule has 0 aromatic rings. The minimum Gasteiger partial charge on any atom is -0.317 e. The van der Waals surface area contributed by atoms with E-state index in [-0.39, 0.29) is 0 Å². The zero-order chi connectivity index (χ0) is 9.11. The van der Waals surface area contributed by atoms with Gasteiger partial charge in [-0.25, -0.2) is 0 Å². The second-order valence-corrected chi connectivity index (χ2v) is 2.66. The monoisotopic (exact) mass is 157 g/mol. The number of hydrogen-bond acceptors (Lipinski definition) is 1. The number of allylic oxidation sites excluding steroid dienone is 1. The second-order valence-electron chi connectivity index (χ2n) is 2.66. The van der Waals surface area contributed by atoms with Crippen molar-refractivity contribution >= 4 is 0 Å².